The van der Waals surface area contributed by atoms with Gasteiger partial charge in [-0.15, -0.1) is 0 Å². The highest BCUT2D eigenvalue weighted by molar-refractivity contribution is 5.53. The second-order valence-electron chi connectivity index (χ2n) is 12.0. The lowest BCUT2D eigenvalue weighted by Gasteiger charge is -2.51. The highest BCUT2D eigenvalue weighted by Crippen LogP contribution is 2.62. The summed E-state index contributed by atoms with van der Waals surface area (Å²) in [6, 6.07) is 0. The van der Waals surface area contributed by atoms with Crippen molar-refractivity contribution in [2.45, 2.75) is 116 Å². The Kier molecular flexibility index (Phi) is 6.20. The number of hydrogen-bond acceptors (Lipinski definition) is 2. The average Bonchev–Trinajstić information content (AvgIpc) is 3.42. The van der Waals surface area contributed by atoms with E-state index in [1.807, 2.05) is 0 Å². The third-order valence-electron chi connectivity index (χ3n) is 10.7. The number of fused-ring (bicyclic) bond motifs is 2. The molecular formula is C31H44O2. The summed E-state index contributed by atoms with van der Waals surface area (Å²) in [7, 11) is 0. The molecule has 6 aliphatic rings. The summed E-state index contributed by atoms with van der Waals surface area (Å²) in [6.07, 6.45) is 22.6. The highest BCUT2D eigenvalue weighted by Gasteiger charge is 2.51. The van der Waals surface area contributed by atoms with Crippen molar-refractivity contribution in [2.24, 2.45) is 17.3 Å². The molecule has 2 nitrogen and oxygen atoms in total. The Labute approximate surface area is 200 Å². The zero-order valence-electron chi connectivity index (χ0n) is 20.7. The van der Waals surface area contributed by atoms with Crippen molar-refractivity contribution in [3.8, 4) is 0 Å². The van der Waals surface area contributed by atoms with Crippen molar-refractivity contribution >= 4 is 0 Å². The molecule has 0 fully saturated rings. The Hall–Kier alpha value is -1.12. The van der Waals surface area contributed by atoms with Gasteiger partial charge in [-0.25, -0.2) is 0 Å². The molecule has 0 aliphatic heterocycles. The Morgan fingerprint density at radius 3 is 1.42 bits per heavy atom. The summed E-state index contributed by atoms with van der Waals surface area (Å²) in [5.41, 5.74) is 14.1. The molecule has 0 saturated carbocycles. The second kappa shape index (κ2) is 9.15. The molecule has 2 atom stereocenters. The lowest BCUT2D eigenvalue weighted by atomic mass is 9.53. The van der Waals surface area contributed by atoms with Crippen LogP contribution in [-0.2, 0) is 0 Å². The first kappa shape index (κ1) is 22.4. The van der Waals surface area contributed by atoms with Gasteiger partial charge in [0.05, 0.1) is 0 Å². The molecule has 33 heavy (non-hydrogen) atoms. The zero-order chi connectivity index (χ0) is 22.4. The fourth-order valence-electron chi connectivity index (χ4n) is 9.47. The van der Waals surface area contributed by atoms with Gasteiger partial charge in [0, 0.05) is 13.2 Å². The van der Waals surface area contributed by atoms with E-state index in [1.165, 1.54) is 103 Å². The molecule has 0 aromatic rings. The lowest BCUT2D eigenvalue weighted by Crippen LogP contribution is -2.43. The summed E-state index contributed by atoms with van der Waals surface area (Å²) < 4.78 is 0. The van der Waals surface area contributed by atoms with Crippen LogP contribution in [0.25, 0.3) is 0 Å². The van der Waals surface area contributed by atoms with E-state index < -0.39 is 0 Å². The van der Waals surface area contributed by atoms with Crippen LogP contribution in [-0.4, -0.2) is 23.4 Å². The molecule has 0 radical (unpaired) electrons. The fraction of sp³-hybridized carbons (Fsp3) is 0.742. The van der Waals surface area contributed by atoms with Crippen molar-refractivity contribution in [3.63, 3.8) is 0 Å². The second-order valence-corrected chi connectivity index (χ2v) is 12.0. The minimum atomic E-state index is 0.0364. The van der Waals surface area contributed by atoms with Gasteiger partial charge in [-0.2, -0.15) is 0 Å². The predicted octanol–water partition coefficient (Wildman–Crippen LogP) is 7.48. The minimum Gasteiger partial charge on any atom is -0.396 e. The summed E-state index contributed by atoms with van der Waals surface area (Å²) in [5.74, 6) is 1.11. The van der Waals surface area contributed by atoms with E-state index in [2.05, 4.69) is 0 Å². The summed E-state index contributed by atoms with van der Waals surface area (Å²) in [6.45, 7) is 0.525. The highest BCUT2D eigenvalue weighted by atomic mass is 16.3. The van der Waals surface area contributed by atoms with Crippen LogP contribution in [0.5, 0.6) is 0 Å². The SMILES string of the molecule is OCCC(CCO)(C1CCCC2=C1CC1=C2CCCC1)C1CCCC2=C1CC1=C2CCCC1. The van der Waals surface area contributed by atoms with Crippen LogP contribution in [0.1, 0.15) is 116 Å². The number of allylic oxidation sites excluding steroid dienone is 8. The van der Waals surface area contributed by atoms with E-state index in [9.17, 15) is 10.2 Å². The van der Waals surface area contributed by atoms with Gasteiger partial charge in [0.1, 0.15) is 0 Å². The molecule has 0 aromatic carbocycles. The fourth-order valence-corrected chi connectivity index (χ4v) is 9.47. The third kappa shape index (κ3) is 3.57. The molecule has 0 aromatic heterocycles. The average molecular weight is 449 g/mol. The number of aliphatic hydroxyl groups excluding tert-OH is 2. The van der Waals surface area contributed by atoms with Gasteiger partial charge in [-0.05, 0) is 155 Å². The van der Waals surface area contributed by atoms with Gasteiger partial charge in [0.25, 0.3) is 0 Å². The van der Waals surface area contributed by atoms with Gasteiger partial charge in [-0.3, -0.25) is 0 Å². The van der Waals surface area contributed by atoms with E-state index in [-0.39, 0.29) is 18.6 Å². The van der Waals surface area contributed by atoms with Gasteiger partial charge in [0.2, 0.25) is 0 Å². The number of aliphatic hydroxyl groups is 2. The third-order valence-corrected chi connectivity index (χ3v) is 10.7. The van der Waals surface area contributed by atoms with Crippen LogP contribution in [0.15, 0.2) is 44.6 Å². The first-order valence-electron chi connectivity index (χ1n) is 14.3. The summed E-state index contributed by atoms with van der Waals surface area (Å²) in [5, 5.41) is 20.9. The monoisotopic (exact) mass is 448 g/mol. The lowest BCUT2D eigenvalue weighted by molar-refractivity contribution is 0.0249. The largest absolute Gasteiger partial charge is 0.396 e. The van der Waals surface area contributed by atoms with Crippen LogP contribution in [0.2, 0.25) is 0 Å². The zero-order valence-corrected chi connectivity index (χ0v) is 20.7. The number of hydrogen-bond donors (Lipinski definition) is 2. The van der Waals surface area contributed by atoms with E-state index in [4.69, 9.17) is 0 Å². The first-order valence-corrected chi connectivity index (χ1v) is 14.3. The van der Waals surface area contributed by atoms with Crippen LogP contribution in [0.3, 0.4) is 0 Å². The molecule has 0 saturated heterocycles. The molecule has 2 unspecified atom stereocenters. The first-order chi connectivity index (χ1) is 16.3. The summed E-state index contributed by atoms with van der Waals surface area (Å²) in [4.78, 5) is 0. The Morgan fingerprint density at radius 2 is 0.970 bits per heavy atom. The van der Waals surface area contributed by atoms with Crippen molar-refractivity contribution in [1.29, 1.82) is 0 Å². The van der Waals surface area contributed by atoms with E-state index >= 15 is 0 Å². The molecule has 2 N–H and O–H groups in total. The Morgan fingerprint density at radius 1 is 0.545 bits per heavy atom. The molecule has 0 amide bonds. The Balaban J connectivity index is 1.41. The smallest absolute Gasteiger partial charge is 0.0436 e. The van der Waals surface area contributed by atoms with Crippen molar-refractivity contribution in [2.75, 3.05) is 13.2 Å². The molecule has 0 bridgehead atoms. The van der Waals surface area contributed by atoms with E-state index in [0.717, 1.165) is 12.8 Å². The maximum Gasteiger partial charge on any atom is 0.0436 e. The Bertz CT molecular complexity index is 851. The maximum absolute atomic E-state index is 10.4. The molecule has 180 valence electrons. The molecule has 6 aliphatic carbocycles. The van der Waals surface area contributed by atoms with Crippen LogP contribution >= 0.6 is 0 Å². The molecule has 0 spiro atoms. The predicted molar refractivity (Wildman–Crippen MR) is 135 cm³/mol. The van der Waals surface area contributed by atoms with Crippen LogP contribution in [0.4, 0.5) is 0 Å². The van der Waals surface area contributed by atoms with Crippen LogP contribution in [0, 0.1) is 17.3 Å². The molecule has 0 heterocycles. The topological polar surface area (TPSA) is 40.5 Å². The number of rotatable bonds is 6. The minimum absolute atomic E-state index is 0.0364. The molecular weight excluding hydrogens is 404 g/mol. The van der Waals surface area contributed by atoms with E-state index in [0.29, 0.717) is 11.8 Å². The van der Waals surface area contributed by atoms with E-state index in [1.54, 1.807) is 44.6 Å². The normalized spacial score (nSPS) is 30.0. The van der Waals surface area contributed by atoms with Crippen molar-refractivity contribution in [1.82, 2.24) is 0 Å². The molecule has 6 rings (SSSR count). The quantitative estimate of drug-likeness (QED) is 0.442. The van der Waals surface area contributed by atoms with Crippen molar-refractivity contribution < 1.29 is 10.2 Å². The maximum atomic E-state index is 10.4. The summed E-state index contributed by atoms with van der Waals surface area (Å²) >= 11 is 0. The van der Waals surface area contributed by atoms with Crippen LogP contribution < -0.4 is 0 Å². The standard InChI is InChI=1S/C31H44O2/c32-17-15-31(16-18-33,29-13-5-11-25-23-9-3-1-7-21(23)19-27(25)29)30-14-6-12-26-24-10-4-2-8-22(24)20-28(26)30/h29-30,32-33H,1-20H2. The van der Waals surface area contributed by atoms with Crippen molar-refractivity contribution in [3.05, 3.63) is 44.6 Å². The van der Waals surface area contributed by atoms with Gasteiger partial charge in [0.15, 0.2) is 0 Å². The molecule has 2 heteroatoms. The van der Waals surface area contributed by atoms with Gasteiger partial charge >= 0.3 is 0 Å². The van der Waals surface area contributed by atoms with Gasteiger partial charge < -0.3 is 10.2 Å². The van der Waals surface area contributed by atoms with Gasteiger partial charge in [-0.1, -0.05) is 22.3 Å².